The second-order valence-corrected chi connectivity index (χ2v) is 4.08. The molecule has 0 bridgehead atoms. The van der Waals surface area contributed by atoms with Crippen LogP contribution in [0.3, 0.4) is 0 Å². The van der Waals surface area contributed by atoms with Crippen LogP contribution in [0.1, 0.15) is 6.92 Å². The van der Waals surface area contributed by atoms with Gasteiger partial charge >= 0.3 is 0 Å². The highest BCUT2D eigenvalue weighted by Crippen LogP contribution is 2.38. The lowest BCUT2D eigenvalue weighted by Crippen LogP contribution is -2.19. The number of carbonyl (C=O) groups excluding carboxylic acids is 1. The first-order chi connectivity index (χ1) is 5.79. The largest absolute Gasteiger partial charge is 0.295 e. The molecule has 1 nitrogen and oxygen atoms in total. The molecule has 0 spiro atoms. The van der Waals surface area contributed by atoms with Gasteiger partial charge in [-0.05, 0) is 12.3 Å². The normalized spacial score (nSPS) is 31.6. The lowest BCUT2D eigenvalue weighted by molar-refractivity contribution is -0.113. The van der Waals surface area contributed by atoms with Crippen LogP contribution in [-0.4, -0.2) is 11.0 Å². The third kappa shape index (κ3) is 1.16. The second-order valence-electron chi connectivity index (χ2n) is 3.03. The fourth-order valence-electron chi connectivity index (χ4n) is 1.56. The summed E-state index contributed by atoms with van der Waals surface area (Å²) >= 11 is 1.74. The van der Waals surface area contributed by atoms with Crippen LogP contribution >= 0.6 is 11.8 Å². The lowest BCUT2D eigenvalue weighted by Gasteiger charge is -2.19. The number of hydrogen-bond acceptors (Lipinski definition) is 2. The number of allylic oxidation sites excluding steroid dienone is 4. The van der Waals surface area contributed by atoms with Crippen molar-refractivity contribution in [1.82, 2.24) is 0 Å². The minimum atomic E-state index is 0.200. The van der Waals surface area contributed by atoms with E-state index in [0.29, 0.717) is 11.2 Å². The van der Waals surface area contributed by atoms with Gasteiger partial charge in [0.1, 0.15) is 0 Å². The van der Waals surface area contributed by atoms with Crippen LogP contribution in [0.5, 0.6) is 0 Å². The summed E-state index contributed by atoms with van der Waals surface area (Å²) in [5, 5.41) is 2.44. The number of hydrogen-bond donors (Lipinski definition) is 0. The fraction of sp³-hybridized carbons (Fsp3) is 0.300. The van der Waals surface area contributed by atoms with Gasteiger partial charge in [-0.2, -0.15) is 0 Å². The molecule has 62 valence electrons. The van der Waals surface area contributed by atoms with Crippen LogP contribution in [0.2, 0.25) is 0 Å². The summed E-state index contributed by atoms with van der Waals surface area (Å²) in [6.07, 6.45) is 8.22. The first-order valence-electron chi connectivity index (χ1n) is 4.00. The molecule has 0 amide bonds. The summed E-state index contributed by atoms with van der Waals surface area (Å²) in [6.45, 7) is 1.64. The summed E-state index contributed by atoms with van der Waals surface area (Å²) in [6, 6.07) is 0. The van der Waals surface area contributed by atoms with Crippen molar-refractivity contribution in [3.8, 4) is 0 Å². The standard InChI is InChI=1S/C10H10OS/c1-7(11)9-4-2-3-8-5-6-12-10(8)9/h2-6,8,10H,1H3. The predicted octanol–water partition coefficient (Wildman–Crippen LogP) is 2.32. The number of Topliss-reactive ketones (excluding diaryl/α,β-unsaturated/α-hetero) is 1. The Bertz CT molecular complexity index is 299. The zero-order valence-corrected chi connectivity index (χ0v) is 7.67. The maximum Gasteiger partial charge on any atom is 0.156 e. The van der Waals surface area contributed by atoms with Crippen molar-refractivity contribution in [1.29, 1.82) is 0 Å². The van der Waals surface area contributed by atoms with E-state index in [2.05, 4.69) is 17.6 Å². The molecular weight excluding hydrogens is 168 g/mol. The van der Waals surface area contributed by atoms with Crippen molar-refractivity contribution >= 4 is 17.5 Å². The Balaban J connectivity index is 2.30. The Morgan fingerprint density at radius 1 is 1.50 bits per heavy atom. The molecule has 12 heavy (non-hydrogen) atoms. The summed E-state index contributed by atoms with van der Waals surface area (Å²) in [5.74, 6) is 0.643. The molecule has 2 unspecified atom stereocenters. The molecule has 0 fully saturated rings. The third-order valence-electron chi connectivity index (χ3n) is 2.20. The van der Waals surface area contributed by atoms with Gasteiger partial charge in [0.15, 0.2) is 5.78 Å². The SMILES string of the molecule is CC(=O)C1=CC=CC2C=CSC12. The van der Waals surface area contributed by atoms with E-state index >= 15 is 0 Å². The molecule has 2 rings (SSSR count). The average molecular weight is 178 g/mol. The minimum absolute atomic E-state index is 0.200. The Labute approximate surface area is 76.2 Å². The van der Waals surface area contributed by atoms with Crippen molar-refractivity contribution in [3.63, 3.8) is 0 Å². The molecule has 1 aliphatic carbocycles. The topological polar surface area (TPSA) is 17.1 Å². The highest BCUT2D eigenvalue weighted by atomic mass is 32.2. The maximum absolute atomic E-state index is 11.2. The van der Waals surface area contributed by atoms with Crippen molar-refractivity contribution in [2.75, 3.05) is 0 Å². The zero-order valence-electron chi connectivity index (χ0n) is 6.86. The Hall–Kier alpha value is -0.760. The third-order valence-corrected chi connectivity index (χ3v) is 3.37. The summed E-state index contributed by atoms with van der Waals surface area (Å²) in [4.78, 5) is 11.2. The molecule has 0 N–H and O–H groups in total. The molecule has 0 saturated carbocycles. The van der Waals surface area contributed by atoms with E-state index in [9.17, 15) is 4.79 Å². The summed E-state index contributed by atoms with van der Waals surface area (Å²) in [5.41, 5.74) is 0.956. The van der Waals surface area contributed by atoms with Gasteiger partial charge in [-0.1, -0.05) is 24.3 Å². The lowest BCUT2D eigenvalue weighted by atomic mass is 9.92. The molecular formula is C10H10OS. The van der Waals surface area contributed by atoms with E-state index in [1.807, 2.05) is 12.2 Å². The van der Waals surface area contributed by atoms with Crippen LogP contribution in [0.15, 0.2) is 35.3 Å². The number of rotatable bonds is 1. The zero-order chi connectivity index (χ0) is 8.55. The van der Waals surface area contributed by atoms with Gasteiger partial charge in [-0.15, -0.1) is 11.8 Å². The van der Waals surface area contributed by atoms with E-state index in [0.717, 1.165) is 5.57 Å². The highest BCUT2D eigenvalue weighted by Gasteiger charge is 2.28. The van der Waals surface area contributed by atoms with Crippen LogP contribution in [0, 0.1) is 5.92 Å². The van der Waals surface area contributed by atoms with E-state index in [1.165, 1.54) is 0 Å². The van der Waals surface area contributed by atoms with Gasteiger partial charge in [0.05, 0.1) is 0 Å². The van der Waals surface area contributed by atoms with Crippen molar-refractivity contribution in [3.05, 3.63) is 35.3 Å². The number of carbonyl (C=O) groups is 1. The first-order valence-corrected chi connectivity index (χ1v) is 4.95. The van der Waals surface area contributed by atoms with E-state index in [-0.39, 0.29) is 5.78 Å². The molecule has 2 atom stereocenters. The van der Waals surface area contributed by atoms with Gasteiger partial charge < -0.3 is 0 Å². The molecule has 0 aromatic rings. The quantitative estimate of drug-likeness (QED) is 0.613. The van der Waals surface area contributed by atoms with Crippen LogP contribution < -0.4 is 0 Å². The van der Waals surface area contributed by atoms with Crippen molar-refractivity contribution < 1.29 is 4.79 Å². The summed E-state index contributed by atoms with van der Waals surface area (Å²) < 4.78 is 0. The summed E-state index contributed by atoms with van der Waals surface area (Å²) in [7, 11) is 0. The number of ketones is 1. The number of fused-ring (bicyclic) bond motifs is 1. The smallest absolute Gasteiger partial charge is 0.156 e. The molecule has 2 aliphatic rings. The van der Waals surface area contributed by atoms with Gasteiger partial charge in [-0.25, -0.2) is 0 Å². The molecule has 1 aliphatic heterocycles. The van der Waals surface area contributed by atoms with Gasteiger partial charge in [0, 0.05) is 16.7 Å². The van der Waals surface area contributed by atoms with Gasteiger partial charge in [0.2, 0.25) is 0 Å². The molecule has 1 heterocycles. The van der Waals surface area contributed by atoms with Crippen molar-refractivity contribution in [2.24, 2.45) is 5.92 Å². The Kier molecular flexibility index (Phi) is 1.93. The molecule has 0 aromatic heterocycles. The van der Waals surface area contributed by atoms with Crippen LogP contribution in [0.25, 0.3) is 0 Å². The Morgan fingerprint density at radius 3 is 3.08 bits per heavy atom. The second kappa shape index (κ2) is 2.94. The number of thioether (sulfide) groups is 1. The van der Waals surface area contributed by atoms with Gasteiger partial charge in [-0.3, -0.25) is 4.79 Å². The average Bonchev–Trinajstić information content (AvgIpc) is 2.49. The van der Waals surface area contributed by atoms with Crippen LogP contribution in [-0.2, 0) is 4.79 Å². The molecule has 2 heteroatoms. The minimum Gasteiger partial charge on any atom is -0.295 e. The Morgan fingerprint density at radius 2 is 2.33 bits per heavy atom. The highest BCUT2D eigenvalue weighted by molar-refractivity contribution is 8.03. The monoisotopic (exact) mass is 178 g/mol. The van der Waals surface area contributed by atoms with E-state index in [4.69, 9.17) is 0 Å². The maximum atomic E-state index is 11.2. The molecule has 0 radical (unpaired) electrons. The first kappa shape index (κ1) is 7.87. The van der Waals surface area contributed by atoms with E-state index in [1.54, 1.807) is 18.7 Å². The molecule has 0 aromatic carbocycles. The predicted molar refractivity (Wildman–Crippen MR) is 51.9 cm³/mol. The van der Waals surface area contributed by atoms with Gasteiger partial charge in [0.25, 0.3) is 0 Å². The fourth-order valence-corrected chi connectivity index (χ4v) is 2.75. The molecule has 0 saturated heterocycles. The van der Waals surface area contributed by atoms with E-state index < -0.39 is 0 Å². The van der Waals surface area contributed by atoms with Crippen LogP contribution in [0.4, 0.5) is 0 Å². The van der Waals surface area contributed by atoms with Crippen molar-refractivity contribution in [2.45, 2.75) is 12.2 Å².